The van der Waals surface area contributed by atoms with E-state index in [1.807, 2.05) is 43.5 Å². The molecule has 3 aromatic rings. The van der Waals surface area contributed by atoms with Crippen molar-refractivity contribution in [1.29, 1.82) is 0 Å². The molecule has 0 spiro atoms. The van der Waals surface area contributed by atoms with Gasteiger partial charge in [-0.25, -0.2) is 4.98 Å². The molecule has 0 radical (unpaired) electrons. The molecular formula is C20H20N4O2S. The fourth-order valence-electron chi connectivity index (χ4n) is 3.00. The second-order valence-corrected chi connectivity index (χ2v) is 6.55. The maximum Gasteiger partial charge on any atom is 0.171 e. The van der Waals surface area contributed by atoms with Crippen LogP contribution in [-0.2, 0) is 6.54 Å². The van der Waals surface area contributed by atoms with Gasteiger partial charge in [0, 0.05) is 30.7 Å². The summed E-state index contributed by atoms with van der Waals surface area (Å²) in [4.78, 5) is 4.30. The molecule has 0 fully saturated rings. The highest BCUT2D eigenvalue weighted by Gasteiger charge is 2.12. The molecule has 0 amide bonds. The fraction of sp³-hybridized carbons (Fsp3) is 0.200. The van der Waals surface area contributed by atoms with Crippen LogP contribution in [0.3, 0.4) is 0 Å². The number of ether oxygens (including phenoxy) is 2. The molecular weight excluding hydrogens is 360 g/mol. The molecule has 1 aliphatic rings. The van der Waals surface area contributed by atoms with Crippen LogP contribution in [-0.4, -0.2) is 27.9 Å². The fourth-order valence-corrected chi connectivity index (χ4v) is 3.19. The molecule has 2 aromatic carbocycles. The zero-order valence-corrected chi connectivity index (χ0v) is 15.8. The van der Waals surface area contributed by atoms with E-state index in [4.69, 9.17) is 21.7 Å². The van der Waals surface area contributed by atoms with Gasteiger partial charge in [-0.05, 0) is 42.9 Å². The summed E-state index contributed by atoms with van der Waals surface area (Å²) in [5.74, 6) is 2.43. The molecule has 0 aliphatic carbocycles. The minimum atomic E-state index is 0.545. The van der Waals surface area contributed by atoms with E-state index in [0.717, 1.165) is 34.3 Å². The number of fused-ring (bicyclic) bond motifs is 1. The molecule has 0 saturated heterocycles. The smallest absolute Gasteiger partial charge is 0.171 e. The SMILES string of the molecule is Cc1nccn1-c1ccccc1CNC(=S)Nc1ccc2c(c1)OCCO2. The van der Waals surface area contributed by atoms with Crippen LogP contribution >= 0.6 is 12.2 Å². The van der Waals surface area contributed by atoms with Gasteiger partial charge in [0.05, 0.1) is 5.69 Å². The first-order chi connectivity index (χ1) is 13.2. The summed E-state index contributed by atoms with van der Waals surface area (Å²) in [6.45, 7) is 3.72. The predicted molar refractivity (Wildman–Crippen MR) is 109 cm³/mol. The van der Waals surface area contributed by atoms with E-state index in [2.05, 4.69) is 32.3 Å². The third-order valence-corrected chi connectivity index (χ3v) is 4.56. The van der Waals surface area contributed by atoms with E-state index in [1.54, 1.807) is 6.20 Å². The zero-order valence-electron chi connectivity index (χ0n) is 14.9. The summed E-state index contributed by atoms with van der Waals surface area (Å²) in [5, 5.41) is 7.00. The van der Waals surface area contributed by atoms with Crippen LogP contribution in [0.25, 0.3) is 5.69 Å². The molecule has 0 atom stereocenters. The second kappa shape index (κ2) is 7.67. The molecule has 2 N–H and O–H groups in total. The third-order valence-electron chi connectivity index (χ3n) is 4.32. The van der Waals surface area contributed by atoms with Crippen LogP contribution in [0.4, 0.5) is 5.69 Å². The normalized spacial score (nSPS) is 12.5. The topological polar surface area (TPSA) is 60.3 Å². The van der Waals surface area contributed by atoms with Crippen LogP contribution < -0.4 is 20.1 Å². The number of aromatic nitrogens is 2. The molecule has 0 bridgehead atoms. The number of benzene rings is 2. The van der Waals surface area contributed by atoms with E-state index < -0.39 is 0 Å². The van der Waals surface area contributed by atoms with Gasteiger partial charge < -0.3 is 24.7 Å². The van der Waals surface area contributed by atoms with Crippen LogP contribution in [0, 0.1) is 6.92 Å². The molecule has 1 aliphatic heterocycles. The van der Waals surface area contributed by atoms with Gasteiger partial charge in [-0.3, -0.25) is 0 Å². The van der Waals surface area contributed by atoms with Crippen molar-refractivity contribution in [3.05, 3.63) is 66.2 Å². The Labute approximate surface area is 163 Å². The van der Waals surface area contributed by atoms with Crippen LogP contribution in [0.15, 0.2) is 54.9 Å². The van der Waals surface area contributed by atoms with E-state index in [1.165, 1.54) is 0 Å². The van der Waals surface area contributed by atoms with E-state index >= 15 is 0 Å². The maximum atomic E-state index is 5.61. The lowest BCUT2D eigenvalue weighted by molar-refractivity contribution is 0.171. The molecule has 0 saturated carbocycles. The molecule has 27 heavy (non-hydrogen) atoms. The van der Waals surface area contributed by atoms with Crippen molar-refractivity contribution < 1.29 is 9.47 Å². The minimum Gasteiger partial charge on any atom is -0.486 e. The highest BCUT2D eigenvalue weighted by molar-refractivity contribution is 7.80. The van der Waals surface area contributed by atoms with Crippen molar-refractivity contribution in [3.63, 3.8) is 0 Å². The maximum absolute atomic E-state index is 5.61. The first-order valence-electron chi connectivity index (χ1n) is 8.73. The first-order valence-corrected chi connectivity index (χ1v) is 9.14. The van der Waals surface area contributed by atoms with Gasteiger partial charge in [0.1, 0.15) is 19.0 Å². The van der Waals surface area contributed by atoms with Crippen LogP contribution in [0.1, 0.15) is 11.4 Å². The number of para-hydroxylation sites is 1. The van der Waals surface area contributed by atoms with Crippen molar-refractivity contribution >= 4 is 23.0 Å². The number of imidazole rings is 1. The van der Waals surface area contributed by atoms with Gasteiger partial charge >= 0.3 is 0 Å². The molecule has 6 nitrogen and oxygen atoms in total. The van der Waals surface area contributed by atoms with Gasteiger partial charge in [0.2, 0.25) is 0 Å². The largest absolute Gasteiger partial charge is 0.486 e. The molecule has 2 heterocycles. The first kappa shape index (κ1) is 17.4. The van der Waals surface area contributed by atoms with Crippen molar-refractivity contribution in [2.24, 2.45) is 0 Å². The highest BCUT2D eigenvalue weighted by atomic mass is 32.1. The Morgan fingerprint density at radius 1 is 1.15 bits per heavy atom. The minimum absolute atomic E-state index is 0.545. The van der Waals surface area contributed by atoms with Crippen molar-refractivity contribution in [1.82, 2.24) is 14.9 Å². The lowest BCUT2D eigenvalue weighted by atomic mass is 10.1. The Morgan fingerprint density at radius 3 is 2.78 bits per heavy atom. The van der Waals surface area contributed by atoms with E-state index in [-0.39, 0.29) is 0 Å². The number of nitrogens with one attached hydrogen (secondary N) is 2. The summed E-state index contributed by atoms with van der Waals surface area (Å²) >= 11 is 5.45. The number of thiocarbonyl (C=S) groups is 1. The summed E-state index contributed by atoms with van der Waals surface area (Å²) in [6, 6.07) is 13.9. The quantitative estimate of drug-likeness (QED) is 0.676. The Hall–Kier alpha value is -3.06. The monoisotopic (exact) mass is 380 g/mol. The second-order valence-electron chi connectivity index (χ2n) is 6.14. The molecule has 4 rings (SSSR count). The van der Waals surface area contributed by atoms with E-state index in [9.17, 15) is 0 Å². The number of aryl methyl sites for hydroxylation is 1. The summed E-state index contributed by atoms with van der Waals surface area (Å²) in [7, 11) is 0. The van der Waals surface area contributed by atoms with Gasteiger partial charge in [-0.15, -0.1) is 0 Å². The van der Waals surface area contributed by atoms with Gasteiger partial charge in [0.15, 0.2) is 16.6 Å². The van der Waals surface area contributed by atoms with Gasteiger partial charge in [-0.2, -0.15) is 0 Å². The average molecular weight is 380 g/mol. The van der Waals surface area contributed by atoms with Crippen LogP contribution in [0.5, 0.6) is 11.5 Å². The third kappa shape index (κ3) is 3.88. The van der Waals surface area contributed by atoms with Crippen molar-refractivity contribution in [2.45, 2.75) is 13.5 Å². The number of anilines is 1. The Morgan fingerprint density at radius 2 is 1.96 bits per heavy atom. The van der Waals surface area contributed by atoms with Crippen molar-refractivity contribution in [2.75, 3.05) is 18.5 Å². The number of hydrogen-bond donors (Lipinski definition) is 2. The standard InChI is InChI=1S/C20H20N4O2S/c1-14-21-8-9-24(14)17-5-3-2-4-15(17)13-22-20(27)23-16-6-7-18-19(12-16)26-11-10-25-18/h2-9,12H,10-11,13H2,1H3,(H2,22,23,27). The Balaban J connectivity index is 1.42. The van der Waals surface area contributed by atoms with Gasteiger partial charge in [0.25, 0.3) is 0 Å². The van der Waals surface area contributed by atoms with Crippen LogP contribution in [0.2, 0.25) is 0 Å². The average Bonchev–Trinajstić information content (AvgIpc) is 3.12. The molecule has 0 unspecified atom stereocenters. The lowest BCUT2D eigenvalue weighted by Gasteiger charge is -2.19. The zero-order chi connectivity index (χ0) is 18.6. The number of rotatable bonds is 4. The Bertz CT molecular complexity index is 970. The summed E-state index contributed by atoms with van der Waals surface area (Å²) in [6.07, 6.45) is 3.76. The van der Waals surface area contributed by atoms with Crippen molar-refractivity contribution in [3.8, 4) is 17.2 Å². The molecule has 138 valence electrons. The highest BCUT2D eigenvalue weighted by Crippen LogP contribution is 2.32. The Kier molecular flexibility index (Phi) is 4.93. The lowest BCUT2D eigenvalue weighted by Crippen LogP contribution is -2.28. The van der Waals surface area contributed by atoms with Gasteiger partial charge in [-0.1, -0.05) is 18.2 Å². The molecule has 7 heteroatoms. The summed E-state index contributed by atoms with van der Waals surface area (Å²) < 4.78 is 13.2. The van der Waals surface area contributed by atoms with E-state index in [0.29, 0.717) is 24.9 Å². The number of nitrogens with zero attached hydrogens (tertiary/aromatic N) is 2. The summed E-state index contributed by atoms with van der Waals surface area (Å²) in [5.41, 5.74) is 3.07. The number of hydrogen-bond acceptors (Lipinski definition) is 4. The predicted octanol–water partition coefficient (Wildman–Crippen LogP) is 3.44. The molecule has 1 aromatic heterocycles.